The largest absolute Gasteiger partial charge is 0.411 e. The van der Waals surface area contributed by atoms with Gasteiger partial charge in [0.05, 0.1) is 0 Å². The van der Waals surface area contributed by atoms with Crippen LogP contribution in [-0.2, 0) is 0 Å². The molecule has 90 valence electrons. The second-order valence-corrected chi connectivity index (χ2v) is 5.40. The molecular weight excluding hydrogens is 268 g/mol. The number of hydrogen-bond donors (Lipinski definition) is 0. The summed E-state index contributed by atoms with van der Waals surface area (Å²) in [6.07, 6.45) is 0. The van der Waals surface area contributed by atoms with Crippen molar-refractivity contribution < 1.29 is 4.42 Å². The van der Waals surface area contributed by atoms with Gasteiger partial charge in [0.1, 0.15) is 5.82 Å². The van der Waals surface area contributed by atoms with E-state index in [1.165, 1.54) is 23.3 Å². The van der Waals surface area contributed by atoms with Gasteiger partial charge in [0, 0.05) is 17.3 Å². The van der Waals surface area contributed by atoms with Crippen molar-refractivity contribution in [3.8, 4) is 11.5 Å². The van der Waals surface area contributed by atoms with E-state index in [0.29, 0.717) is 11.1 Å². The molecule has 2 aromatic heterocycles. The van der Waals surface area contributed by atoms with E-state index < -0.39 is 0 Å². The standard InChI is InChI=1S/C11H8N4OS2/c1-7-12-11(18-15-7)17-10-14-13-9(16-10)8-5-3-2-4-6-8/h2-6H,1H3. The molecule has 0 saturated heterocycles. The lowest BCUT2D eigenvalue weighted by atomic mass is 10.2. The molecule has 0 amide bonds. The van der Waals surface area contributed by atoms with E-state index in [0.717, 1.165) is 15.7 Å². The highest BCUT2D eigenvalue weighted by Gasteiger charge is 2.11. The predicted molar refractivity (Wildman–Crippen MR) is 68.5 cm³/mol. The van der Waals surface area contributed by atoms with E-state index in [4.69, 9.17) is 4.42 Å². The fraction of sp³-hybridized carbons (Fsp3) is 0.0909. The first kappa shape index (κ1) is 11.4. The van der Waals surface area contributed by atoms with Crippen molar-refractivity contribution >= 4 is 23.3 Å². The first-order valence-corrected chi connectivity index (χ1v) is 6.77. The summed E-state index contributed by atoms with van der Waals surface area (Å²) in [5.41, 5.74) is 0.908. The number of nitrogens with zero attached hydrogens (tertiary/aromatic N) is 4. The van der Waals surface area contributed by atoms with Crippen LogP contribution < -0.4 is 0 Å². The number of aromatic nitrogens is 4. The maximum atomic E-state index is 5.56. The van der Waals surface area contributed by atoms with Gasteiger partial charge in [0.25, 0.3) is 5.22 Å². The topological polar surface area (TPSA) is 64.7 Å². The monoisotopic (exact) mass is 276 g/mol. The molecule has 1 aromatic carbocycles. The van der Waals surface area contributed by atoms with Crippen LogP contribution >= 0.6 is 23.3 Å². The Hall–Kier alpha value is -1.73. The molecule has 0 spiro atoms. The van der Waals surface area contributed by atoms with Crippen LogP contribution in [0, 0.1) is 6.92 Å². The molecule has 0 aliphatic carbocycles. The van der Waals surface area contributed by atoms with Crippen molar-refractivity contribution in [1.29, 1.82) is 0 Å². The highest BCUT2D eigenvalue weighted by molar-refractivity contribution is 8.00. The van der Waals surface area contributed by atoms with E-state index in [1.807, 2.05) is 37.3 Å². The Morgan fingerprint density at radius 2 is 2.00 bits per heavy atom. The van der Waals surface area contributed by atoms with Crippen LogP contribution in [0.15, 0.2) is 44.3 Å². The summed E-state index contributed by atoms with van der Waals surface area (Å²) in [6, 6.07) is 9.66. The van der Waals surface area contributed by atoms with Crippen LogP contribution in [0.1, 0.15) is 5.82 Å². The third kappa shape index (κ3) is 2.41. The van der Waals surface area contributed by atoms with Crippen LogP contribution in [0.2, 0.25) is 0 Å². The van der Waals surface area contributed by atoms with Crippen molar-refractivity contribution in [2.24, 2.45) is 0 Å². The Morgan fingerprint density at radius 1 is 1.17 bits per heavy atom. The van der Waals surface area contributed by atoms with E-state index in [-0.39, 0.29) is 0 Å². The summed E-state index contributed by atoms with van der Waals surface area (Å²) in [5.74, 6) is 1.27. The van der Waals surface area contributed by atoms with Gasteiger partial charge in [-0.1, -0.05) is 18.2 Å². The Morgan fingerprint density at radius 3 is 2.72 bits per heavy atom. The average molecular weight is 276 g/mol. The van der Waals surface area contributed by atoms with Crippen LogP contribution in [0.5, 0.6) is 0 Å². The zero-order valence-corrected chi connectivity index (χ0v) is 11.0. The number of aryl methyl sites for hydroxylation is 1. The van der Waals surface area contributed by atoms with Crippen LogP contribution in [0.4, 0.5) is 0 Å². The maximum Gasteiger partial charge on any atom is 0.284 e. The molecule has 5 nitrogen and oxygen atoms in total. The SMILES string of the molecule is Cc1nsc(Sc2nnc(-c3ccccc3)o2)n1. The number of rotatable bonds is 3. The zero-order chi connectivity index (χ0) is 12.4. The molecule has 3 rings (SSSR count). The van der Waals surface area contributed by atoms with Crippen LogP contribution in [0.3, 0.4) is 0 Å². The molecule has 3 aromatic rings. The molecule has 0 N–H and O–H groups in total. The van der Waals surface area contributed by atoms with Gasteiger partial charge < -0.3 is 4.42 Å². The molecule has 0 atom stereocenters. The fourth-order valence-corrected chi connectivity index (χ4v) is 2.77. The highest BCUT2D eigenvalue weighted by atomic mass is 32.2. The Labute approximate surface area is 111 Å². The Balaban J connectivity index is 1.82. The lowest BCUT2D eigenvalue weighted by Crippen LogP contribution is -1.75. The molecule has 0 unspecified atom stereocenters. The predicted octanol–water partition coefficient (Wildman–Crippen LogP) is 3.05. The molecule has 7 heteroatoms. The van der Waals surface area contributed by atoms with E-state index >= 15 is 0 Å². The number of hydrogen-bond acceptors (Lipinski definition) is 7. The third-order valence-corrected chi connectivity index (χ3v) is 3.79. The van der Waals surface area contributed by atoms with Gasteiger partial charge in [-0.15, -0.1) is 10.2 Å². The summed E-state index contributed by atoms with van der Waals surface area (Å²) in [4.78, 5) is 4.23. The summed E-state index contributed by atoms with van der Waals surface area (Å²) in [7, 11) is 0. The molecule has 0 fully saturated rings. The third-order valence-electron chi connectivity index (χ3n) is 2.11. The highest BCUT2D eigenvalue weighted by Crippen LogP contribution is 2.29. The van der Waals surface area contributed by atoms with Crippen molar-refractivity contribution in [1.82, 2.24) is 19.6 Å². The number of benzene rings is 1. The summed E-state index contributed by atoms with van der Waals surface area (Å²) in [5, 5.41) is 8.47. The van der Waals surface area contributed by atoms with Crippen molar-refractivity contribution in [2.45, 2.75) is 16.5 Å². The Kier molecular flexibility index (Phi) is 3.07. The quantitative estimate of drug-likeness (QED) is 0.732. The maximum absolute atomic E-state index is 5.56. The summed E-state index contributed by atoms with van der Waals surface area (Å²) in [6.45, 7) is 1.85. The summed E-state index contributed by atoms with van der Waals surface area (Å²) >= 11 is 2.65. The molecule has 0 bridgehead atoms. The molecule has 18 heavy (non-hydrogen) atoms. The minimum atomic E-state index is 0.477. The van der Waals surface area contributed by atoms with Gasteiger partial charge >= 0.3 is 0 Å². The zero-order valence-electron chi connectivity index (χ0n) is 9.40. The van der Waals surface area contributed by atoms with Gasteiger partial charge in [-0.05, 0) is 30.6 Å². The second kappa shape index (κ2) is 4.87. The second-order valence-electron chi connectivity index (χ2n) is 3.45. The van der Waals surface area contributed by atoms with Crippen molar-refractivity contribution in [3.05, 3.63) is 36.2 Å². The van der Waals surface area contributed by atoms with E-state index in [9.17, 15) is 0 Å². The summed E-state index contributed by atoms with van der Waals surface area (Å²) < 4.78 is 10.5. The fourth-order valence-electron chi connectivity index (χ4n) is 1.34. The van der Waals surface area contributed by atoms with Crippen molar-refractivity contribution in [2.75, 3.05) is 0 Å². The van der Waals surface area contributed by atoms with E-state index in [2.05, 4.69) is 19.6 Å². The minimum absolute atomic E-state index is 0.477. The lowest BCUT2D eigenvalue weighted by molar-refractivity contribution is 0.466. The van der Waals surface area contributed by atoms with Gasteiger partial charge in [-0.25, -0.2) is 4.98 Å². The lowest BCUT2D eigenvalue weighted by Gasteiger charge is -1.91. The molecule has 0 saturated carbocycles. The minimum Gasteiger partial charge on any atom is -0.411 e. The smallest absolute Gasteiger partial charge is 0.284 e. The molecular formula is C11H8N4OS2. The molecule has 0 aliphatic heterocycles. The van der Waals surface area contributed by atoms with Gasteiger partial charge in [0.15, 0.2) is 4.34 Å². The van der Waals surface area contributed by atoms with Crippen LogP contribution in [0.25, 0.3) is 11.5 Å². The van der Waals surface area contributed by atoms with E-state index in [1.54, 1.807) is 0 Å². The van der Waals surface area contributed by atoms with Crippen LogP contribution in [-0.4, -0.2) is 19.6 Å². The Bertz CT molecular complexity index is 650. The normalized spacial score (nSPS) is 10.7. The average Bonchev–Trinajstić information content (AvgIpc) is 3.01. The van der Waals surface area contributed by atoms with Gasteiger partial charge in [-0.3, -0.25) is 0 Å². The van der Waals surface area contributed by atoms with Crippen molar-refractivity contribution in [3.63, 3.8) is 0 Å². The van der Waals surface area contributed by atoms with Gasteiger partial charge in [0.2, 0.25) is 5.89 Å². The first-order chi connectivity index (χ1) is 8.81. The van der Waals surface area contributed by atoms with Gasteiger partial charge in [-0.2, -0.15) is 4.37 Å². The molecule has 2 heterocycles. The molecule has 0 radical (unpaired) electrons. The first-order valence-electron chi connectivity index (χ1n) is 5.18. The molecule has 0 aliphatic rings.